The van der Waals surface area contributed by atoms with Gasteiger partial charge in [0.2, 0.25) is 0 Å². The number of nitro groups is 2. The molecule has 0 saturated carbocycles. The lowest BCUT2D eigenvalue weighted by molar-refractivity contribution is -0.384. The fourth-order valence-electron chi connectivity index (χ4n) is 2.26. The van der Waals surface area contributed by atoms with E-state index in [1.807, 2.05) is 0 Å². The number of para-hydroxylation sites is 4. The van der Waals surface area contributed by atoms with Crippen LogP contribution in [0.15, 0.2) is 48.5 Å². The van der Waals surface area contributed by atoms with E-state index >= 15 is 0 Å². The molecule has 2 N–H and O–H groups in total. The van der Waals surface area contributed by atoms with Crippen molar-refractivity contribution in [2.75, 3.05) is 23.7 Å². The van der Waals surface area contributed by atoms with E-state index < -0.39 is 9.85 Å². The minimum Gasteiger partial charge on any atom is -0.379 e. The molecular weight excluding hydrogens is 312 g/mol. The van der Waals surface area contributed by atoms with Crippen LogP contribution in [0.3, 0.4) is 0 Å². The van der Waals surface area contributed by atoms with E-state index in [0.717, 1.165) is 12.8 Å². The summed E-state index contributed by atoms with van der Waals surface area (Å²) in [5.41, 5.74) is 1.09. The number of hydrogen-bond donors (Lipinski definition) is 2. The van der Waals surface area contributed by atoms with Crippen LogP contribution in [0.25, 0.3) is 0 Å². The van der Waals surface area contributed by atoms with Crippen LogP contribution in [0, 0.1) is 20.2 Å². The summed E-state index contributed by atoms with van der Waals surface area (Å²) < 4.78 is 0. The standard InChI is InChI=1S/C16H18N4O4/c21-19(22)15-9-3-1-7-13(15)17-11-5-6-12-18-14-8-2-4-10-16(14)20(23)24/h1-4,7-10,17-18H,5-6,11-12H2. The maximum Gasteiger partial charge on any atom is 0.292 e. The van der Waals surface area contributed by atoms with Gasteiger partial charge in [0.05, 0.1) is 9.85 Å². The molecule has 0 amide bonds. The zero-order chi connectivity index (χ0) is 17.4. The van der Waals surface area contributed by atoms with Gasteiger partial charge in [-0.1, -0.05) is 24.3 Å². The van der Waals surface area contributed by atoms with E-state index in [1.54, 1.807) is 36.4 Å². The first kappa shape index (κ1) is 17.2. The first-order valence-corrected chi connectivity index (χ1v) is 7.54. The minimum atomic E-state index is -0.418. The molecule has 0 atom stereocenters. The van der Waals surface area contributed by atoms with Crippen LogP contribution in [0.2, 0.25) is 0 Å². The van der Waals surface area contributed by atoms with Crippen LogP contribution in [-0.2, 0) is 0 Å². The lowest BCUT2D eigenvalue weighted by atomic mass is 10.2. The van der Waals surface area contributed by atoms with Gasteiger partial charge in [-0.05, 0) is 25.0 Å². The second-order valence-electron chi connectivity index (χ2n) is 5.11. The van der Waals surface area contributed by atoms with Crippen LogP contribution < -0.4 is 10.6 Å². The Bertz CT molecular complexity index is 659. The summed E-state index contributed by atoms with van der Waals surface area (Å²) in [5.74, 6) is 0. The van der Waals surface area contributed by atoms with Gasteiger partial charge < -0.3 is 10.6 Å². The molecule has 0 aliphatic carbocycles. The van der Waals surface area contributed by atoms with Gasteiger partial charge in [-0.15, -0.1) is 0 Å². The highest BCUT2D eigenvalue weighted by Crippen LogP contribution is 2.24. The Morgan fingerprint density at radius 2 is 1.08 bits per heavy atom. The third-order valence-corrected chi connectivity index (χ3v) is 3.44. The molecule has 0 spiro atoms. The molecule has 0 saturated heterocycles. The Labute approximate surface area is 138 Å². The predicted octanol–water partition coefficient (Wildman–Crippen LogP) is 3.81. The van der Waals surface area contributed by atoms with E-state index in [9.17, 15) is 20.2 Å². The lowest BCUT2D eigenvalue weighted by Crippen LogP contribution is -2.08. The summed E-state index contributed by atoms with van der Waals surface area (Å²) in [6.07, 6.45) is 1.55. The average Bonchev–Trinajstić information content (AvgIpc) is 2.58. The number of nitrogens with one attached hydrogen (secondary N) is 2. The molecule has 0 fully saturated rings. The molecule has 0 unspecified atom stereocenters. The van der Waals surface area contributed by atoms with Crippen molar-refractivity contribution in [3.8, 4) is 0 Å². The molecule has 0 heterocycles. The van der Waals surface area contributed by atoms with Crippen LogP contribution in [0.5, 0.6) is 0 Å². The van der Waals surface area contributed by atoms with Crippen LogP contribution in [-0.4, -0.2) is 22.9 Å². The molecule has 0 radical (unpaired) electrons. The second kappa shape index (κ2) is 8.47. The Kier molecular flexibility index (Phi) is 6.07. The smallest absolute Gasteiger partial charge is 0.292 e. The monoisotopic (exact) mass is 330 g/mol. The average molecular weight is 330 g/mol. The zero-order valence-electron chi connectivity index (χ0n) is 13.0. The SMILES string of the molecule is O=[N+]([O-])c1ccccc1NCCCCNc1ccccc1[N+](=O)[O-]. The molecule has 0 bridgehead atoms. The van der Waals surface area contributed by atoms with Gasteiger partial charge in [-0.3, -0.25) is 20.2 Å². The van der Waals surface area contributed by atoms with Crippen molar-refractivity contribution in [3.63, 3.8) is 0 Å². The highest BCUT2D eigenvalue weighted by molar-refractivity contribution is 5.61. The fraction of sp³-hybridized carbons (Fsp3) is 0.250. The molecule has 8 heteroatoms. The van der Waals surface area contributed by atoms with Crippen molar-refractivity contribution in [1.29, 1.82) is 0 Å². The van der Waals surface area contributed by atoms with Crippen molar-refractivity contribution in [2.45, 2.75) is 12.8 Å². The third-order valence-electron chi connectivity index (χ3n) is 3.44. The number of unbranched alkanes of at least 4 members (excludes halogenated alkanes) is 1. The molecule has 2 aromatic carbocycles. The molecule has 0 aliphatic rings. The van der Waals surface area contributed by atoms with Crippen LogP contribution >= 0.6 is 0 Å². The van der Waals surface area contributed by atoms with Gasteiger partial charge in [0.1, 0.15) is 11.4 Å². The van der Waals surface area contributed by atoms with Gasteiger partial charge in [0.15, 0.2) is 0 Å². The highest BCUT2D eigenvalue weighted by Gasteiger charge is 2.12. The Hall–Kier alpha value is -3.16. The van der Waals surface area contributed by atoms with Gasteiger partial charge in [0.25, 0.3) is 11.4 Å². The normalized spacial score (nSPS) is 10.2. The molecule has 0 aromatic heterocycles. The molecule has 24 heavy (non-hydrogen) atoms. The maximum atomic E-state index is 10.9. The van der Waals surface area contributed by atoms with E-state index in [2.05, 4.69) is 10.6 Å². The third kappa shape index (κ3) is 4.67. The van der Waals surface area contributed by atoms with Crippen LogP contribution in [0.4, 0.5) is 22.7 Å². The van der Waals surface area contributed by atoms with Crippen molar-refractivity contribution in [3.05, 3.63) is 68.8 Å². The molecule has 0 aliphatic heterocycles. The summed E-state index contributed by atoms with van der Waals surface area (Å²) >= 11 is 0. The summed E-state index contributed by atoms with van der Waals surface area (Å²) in [6.45, 7) is 1.17. The van der Waals surface area contributed by atoms with Gasteiger partial charge in [-0.25, -0.2) is 0 Å². The van der Waals surface area contributed by atoms with Gasteiger partial charge in [-0.2, -0.15) is 0 Å². The highest BCUT2D eigenvalue weighted by atomic mass is 16.6. The van der Waals surface area contributed by atoms with E-state index in [1.165, 1.54) is 12.1 Å². The van der Waals surface area contributed by atoms with Crippen molar-refractivity contribution >= 4 is 22.7 Å². The van der Waals surface area contributed by atoms with E-state index in [4.69, 9.17) is 0 Å². The fourth-order valence-corrected chi connectivity index (χ4v) is 2.26. The first-order valence-electron chi connectivity index (χ1n) is 7.54. The Morgan fingerprint density at radius 1 is 0.708 bits per heavy atom. The number of nitro benzene ring substituents is 2. The summed E-state index contributed by atoms with van der Waals surface area (Å²) in [5, 5.41) is 27.9. The maximum absolute atomic E-state index is 10.9. The summed E-state index contributed by atoms with van der Waals surface area (Å²) in [6, 6.07) is 13.0. The first-order chi connectivity index (χ1) is 11.6. The van der Waals surface area contributed by atoms with E-state index in [0.29, 0.717) is 24.5 Å². The number of hydrogen-bond acceptors (Lipinski definition) is 6. The summed E-state index contributed by atoms with van der Waals surface area (Å²) in [7, 11) is 0. The van der Waals surface area contributed by atoms with Gasteiger partial charge in [0, 0.05) is 25.2 Å². The molecule has 8 nitrogen and oxygen atoms in total. The molecule has 2 rings (SSSR count). The lowest BCUT2D eigenvalue weighted by Gasteiger charge is -2.08. The number of rotatable bonds is 9. The van der Waals surface area contributed by atoms with Crippen LogP contribution in [0.1, 0.15) is 12.8 Å². The number of nitrogens with zero attached hydrogens (tertiary/aromatic N) is 2. The number of anilines is 2. The topological polar surface area (TPSA) is 110 Å². The summed E-state index contributed by atoms with van der Waals surface area (Å²) in [4.78, 5) is 21.0. The molecule has 126 valence electrons. The van der Waals surface area contributed by atoms with Crippen molar-refractivity contribution in [2.24, 2.45) is 0 Å². The molecular formula is C16H18N4O4. The largest absolute Gasteiger partial charge is 0.379 e. The van der Waals surface area contributed by atoms with Crippen molar-refractivity contribution in [1.82, 2.24) is 0 Å². The molecule has 2 aromatic rings. The second-order valence-corrected chi connectivity index (χ2v) is 5.11. The zero-order valence-corrected chi connectivity index (χ0v) is 13.0. The number of benzene rings is 2. The predicted molar refractivity (Wildman–Crippen MR) is 92.4 cm³/mol. The Balaban J connectivity index is 1.75. The Morgan fingerprint density at radius 3 is 1.46 bits per heavy atom. The minimum absolute atomic E-state index is 0.0514. The van der Waals surface area contributed by atoms with Crippen molar-refractivity contribution < 1.29 is 9.85 Å². The van der Waals surface area contributed by atoms with E-state index in [-0.39, 0.29) is 11.4 Å². The van der Waals surface area contributed by atoms with Gasteiger partial charge >= 0.3 is 0 Å². The quantitative estimate of drug-likeness (QED) is 0.411.